The Bertz CT molecular complexity index is 836. The number of fused-ring (bicyclic) bond motifs is 1. The monoisotopic (exact) mass is 375 g/mol. The number of rotatable bonds is 2. The summed E-state index contributed by atoms with van der Waals surface area (Å²) in [6, 6.07) is 5.92. The number of carbonyl (C=O) groups is 2. The summed E-state index contributed by atoms with van der Waals surface area (Å²) in [4.78, 5) is 29.0. The van der Waals surface area contributed by atoms with Crippen LogP contribution in [0.4, 0.5) is 26.3 Å². The van der Waals surface area contributed by atoms with E-state index in [1.54, 1.807) is 0 Å². The molecular weight excluding hydrogens is 368 g/mol. The molecule has 0 aliphatic carbocycles. The Hall–Kier alpha value is -3.04. The van der Waals surface area contributed by atoms with E-state index in [4.69, 9.17) is 4.84 Å². The second-order valence-electron chi connectivity index (χ2n) is 5.28. The van der Waals surface area contributed by atoms with Crippen LogP contribution in [-0.2, 0) is 12.4 Å². The maximum atomic E-state index is 12.8. The van der Waals surface area contributed by atoms with Crippen molar-refractivity contribution in [2.45, 2.75) is 12.4 Å². The van der Waals surface area contributed by atoms with Crippen molar-refractivity contribution in [1.82, 2.24) is 5.06 Å². The Balaban J connectivity index is 2.01. The van der Waals surface area contributed by atoms with E-state index < -0.39 is 41.0 Å². The minimum absolute atomic E-state index is 0.0690. The van der Waals surface area contributed by atoms with Crippen LogP contribution in [0.2, 0.25) is 0 Å². The summed E-state index contributed by atoms with van der Waals surface area (Å²) in [6.07, 6.45) is -10.2. The van der Waals surface area contributed by atoms with Crippen molar-refractivity contribution in [3.05, 3.63) is 64.7 Å². The zero-order chi connectivity index (χ0) is 19.3. The molecule has 0 N–H and O–H groups in total. The fourth-order valence-corrected chi connectivity index (χ4v) is 2.33. The third kappa shape index (κ3) is 3.09. The van der Waals surface area contributed by atoms with Gasteiger partial charge in [0, 0.05) is 0 Å². The van der Waals surface area contributed by atoms with Crippen LogP contribution in [0.25, 0.3) is 0 Å². The topological polar surface area (TPSA) is 46.6 Å². The zero-order valence-corrected chi connectivity index (χ0v) is 12.5. The Morgan fingerprint density at radius 1 is 0.731 bits per heavy atom. The molecule has 0 aromatic heterocycles. The van der Waals surface area contributed by atoms with Crippen LogP contribution in [0.5, 0.6) is 5.75 Å². The van der Waals surface area contributed by atoms with Crippen molar-refractivity contribution in [3.8, 4) is 5.75 Å². The van der Waals surface area contributed by atoms with Gasteiger partial charge in [0.25, 0.3) is 11.8 Å². The first-order chi connectivity index (χ1) is 12.0. The Labute approximate surface area is 141 Å². The van der Waals surface area contributed by atoms with Crippen molar-refractivity contribution in [2.24, 2.45) is 0 Å². The lowest BCUT2D eigenvalue weighted by atomic mass is 10.1. The Morgan fingerprint density at radius 2 is 1.15 bits per heavy atom. The maximum Gasteiger partial charge on any atom is 0.416 e. The molecule has 2 aromatic rings. The van der Waals surface area contributed by atoms with Gasteiger partial charge in [-0.25, -0.2) is 0 Å². The summed E-state index contributed by atoms with van der Waals surface area (Å²) < 4.78 is 77.1. The van der Waals surface area contributed by atoms with Gasteiger partial charge in [0.15, 0.2) is 5.75 Å². The highest BCUT2D eigenvalue weighted by molar-refractivity contribution is 6.20. The molecule has 26 heavy (non-hydrogen) atoms. The van der Waals surface area contributed by atoms with E-state index in [0.717, 1.165) is 0 Å². The molecule has 4 nitrogen and oxygen atoms in total. The Morgan fingerprint density at radius 3 is 1.54 bits per heavy atom. The molecule has 0 radical (unpaired) electrons. The molecule has 0 unspecified atom stereocenters. The first-order valence-corrected chi connectivity index (χ1v) is 6.94. The molecule has 1 heterocycles. The quantitative estimate of drug-likeness (QED) is 0.580. The highest BCUT2D eigenvalue weighted by Gasteiger charge is 2.40. The van der Waals surface area contributed by atoms with E-state index in [-0.39, 0.29) is 34.4 Å². The van der Waals surface area contributed by atoms with Gasteiger partial charge < -0.3 is 4.84 Å². The van der Waals surface area contributed by atoms with Gasteiger partial charge in [-0.15, -0.1) is 0 Å². The van der Waals surface area contributed by atoms with Crippen molar-refractivity contribution in [2.75, 3.05) is 0 Å². The van der Waals surface area contributed by atoms with E-state index in [9.17, 15) is 35.9 Å². The van der Waals surface area contributed by atoms with Gasteiger partial charge in [-0.3, -0.25) is 9.59 Å². The summed E-state index contributed by atoms with van der Waals surface area (Å²) in [5, 5.41) is 0.125. The molecule has 10 heteroatoms. The van der Waals surface area contributed by atoms with Gasteiger partial charge in [0.05, 0.1) is 22.3 Å². The summed E-state index contributed by atoms with van der Waals surface area (Å²) in [5.41, 5.74) is -3.39. The first kappa shape index (κ1) is 17.8. The molecule has 2 aromatic carbocycles. The van der Waals surface area contributed by atoms with Crippen LogP contribution in [0.1, 0.15) is 31.8 Å². The van der Waals surface area contributed by atoms with Crippen LogP contribution in [0.3, 0.4) is 0 Å². The smallest absolute Gasteiger partial charge is 0.368 e. The number of alkyl halides is 6. The molecule has 2 amide bonds. The number of hydrogen-bond donors (Lipinski definition) is 0. The fraction of sp³-hybridized carbons (Fsp3) is 0.125. The van der Waals surface area contributed by atoms with Gasteiger partial charge >= 0.3 is 12.4 Å². The molecule has 0 spiro atoms. The highest BCUT2D eigenvalue weighted by Crippen LogP contribution is 2.38. The molecule has 0 bridgehead atoms. The largest absolute Gasteiger partial charge is 0.416 e. The van der Waals surface area contributed by atoms with Gasteiger partial charge in [0.1, 0.15) is 0 Å². The van der Waals surface area contributed by atoms with Crippen LogP contribution in [-0.4, -0.2) is 16.9 Å². The molecule has 1 aliphatic heterocycles. The van der Waals surface area contributed by atoms with Crippen LogP contribution < -0.4 is 4.84 Å². The van der Waals surface area contributed by atoms with E-state index >= 15 is 0 Å². The molecule has 136 valence electrons. The molecule has 0 atom stereocenters. The van der Waals surface area contributed by atoms with E-state index in [1.165, 1.54) is 24.3 Å². The fourth-order valence-electron chi connectivity index (χ4n) is 2.33. The summed E-state index contributed by atoms with van der Waals surface area (Å²) in [6.45, 7) is 0. The molecule has 0 saturated heterocycles. The standard InChI is InChI=1S/C16H7F6NO3/c17-15(18,19)8-5-9(16(20,21)22)7-10(6-8)26-23-13(24)11-3-1-2-4-12(11)14(23)25/h1-7H. The molecular formula is C16H7F6NO3. The van der Waals surface area contributed by atoms with Gasteiger partial charge in [-0.2, -0.15) is 26.3 Å². The number of imide groups is 1. The van der Waals surface area contributed by atoms with Crippen molar-refractivity contribution >= 4 is 11.8 Å². The second-order valence-corrected chi connectivity index (χ2v) is 5.28. The number of hydrogen-bond acceptors (Lipinski definition) is 3. The second kappa shape index (κ2) is 5.75. The number of amides is 2. The van der Waals surface area contributed by atoms with E-state index in [1.807, 2.05) is 0 Å². The predicted molar refractivity (Wildman–Crippen MR) is 74.0 cm³/mol. The third-order valence-corrected chi connectivity index (χ3v) is 3.51. The average Bonchev–Trinajstić information content (AvgIpc) is 2.78. The van der Waals surface area contributed by atoms with E-state index in [2.05, 4.69) is 0 Å². The number of hydroxylamine groups is 2. The van der Waals surface area contributed by atoms with Crippen LogP contribution >= 0.6 is 0 Å². The predicted octanol–water partition coefficient (Wildman–Crippen LogP) is 4.31. The first-order valence-electron chi connectivity index (χ1n) is 6.94. The lowest BCUT2D eigenvalue weighted by Gasteiger charge is -2.18. The highest BCUT2D eigenvalue weighted by atomic mass is 19.4. The van der Waals surface area contributed by atoms with Crippen LogP contribution in [0.15, 0.2) is 42.5 Å². The van der Waals surface area contributed by atoms with Gasteiger partial charge in [0.2, 0.25) is 0 Å². The molecule has 0 saturated carbocycles. The summed E-state index contributed by atoms with van der Waals surface area (Å²) in [5.74, 6) is -2.92. The van der Waals surface area contributed by atoms with Crippen molar-refractivity contribution in [1.29, 1.82) is 0 Å². The van der Waals surface area contributed by atoms with E-state index in [0.29, 0.717) is 0 Å². The normalized spacial score (nSPS) is 14.6. The third-order valence-electron chi connectivity index (χ3n) is 3.51. The number of carbonyl (C=O) groups excluding carboxylic acids is 2. The SMILES string of the molecule is O=C1c2ccccc2C(=O)N1Oc1cc(C(F)(F)F)cc(C(F)(F)F)c1. The average molecular weight is 375 g/mol. The lowest BCUT2D eigenvalue weighted by molar-refractivity contribution is -0.143. The number of halogens is 6. The minimum Gasteiger partial charge on any atom is -0.368 e. The van der Waals surface area contributed by atoms with Crippen molar-refractivity contribution < 1.29 is 40.8 Å². The lowest BCUT2D eigenvalue weighted by Crippen LogP contribution is -2.33. The van der Waals surface area contributed by atoms with Crippen LogP contribution in [0, 0.1) is 0 Å². The minimum atomic E-state index is -5.08. The Kier molecular flexibility index (Phi) is 3.93. The zero-order valence-electron chi connectivity index (χ0n) is 12.5. The number of nitrogens with zero attached hydrogens (tertiary/aromatic N) is 1. The van der Waals surface area contributed by atoms with Gasteiger partial charge in [-0.05, 0) is 30.3 Å². The molecule has 1 aliphatic rings. The molecule has 3 rings (SSSR count). The summed E-state index contributed by atoms with van der Waals surface area (Å²) >= 11 is 0. The van der Waals surface area contributed by atoms with Crippen molar-refractivity contribution in [3.63, 3.8) is 0 Å². The van der Waals surface area contributed by atoms with Gasteiger partial charge in [-0.1, -0.05) is 17.2 Å². The summed E-state index contributed by atoms with van der Waals surface area (Å²) in [7, 11) is 0. The number of benzene rings is 2. The molecule has 0 fully saturated rings. The maximum absolute atomic E-state index is 12.8.